The molecule has 0 spiro atoms. The predicted octanol–water partition coefficient (Wildman–Crippen LogP) is 5.23. The molecule has 0 amide bonds. The molecule has 1 aliphatic heterocycles. The number of methoxy groups -OCH3 is 1. The van der Waals surface area contributed by atoms with E-state index in [1.807, 2.05) is 38.1 Å². The molecule has 1 fully saturated rings. The van der Waals surface area contributed by atoms with E-state index in [1.54, 1.807) is 13.2 Å². The van der Waals surface area contributed by atoms with Gasteiger partial charge in [-0.25, -0.2) is 0 Å². The van der Waals surface area contributed by atoms with Gasteiger partial charge in [0.25, 0.3) is 0 Å². The summed E-state index contributed by atoms with van der Waals surface area (Å²) in [6, 6.07) is 7.45. The molecule has 0 bridgehead atoms. The molecule has 1 aliphatic carbocycles. The quantitative estimate of drug-likeness (QED) is 0.411. The van der Waals surface area contributed by atoms with Crippen LogP contribution in [0.5, 0.6) is 5.75 Å². The summed E-state index contributed by atoms with van der Waals surface area (Å²) >= 11 is 0. The number of hydrogen-bond donors (Lipinski definition) is 0. The number of rotatable bonds is 7. The van der Waals surface area contributed by atoms with Gasteiger partial charge in [0.2, 0.25) is 0 Å². The number of halogens is 3. The van der Waals surface area contributed by atoms with Crippen LogP contribution in [0.1, 0.15) is 51.5 Å². The smallest absolute Gasteiger partial charge is 0.497 e. The molecule has 1 saturated carbocycles. The Morgan fingerprint density at radius 1 is 1.16 bits per heavy atom. The average Bonchev–Trinajstić information content (AvgIpc) is 2.70. The van der Waals surface area contributed by atoms with Crippen LogP contribution >= 0.6 is 0 Å². The van der Waals surface area contributed by atoms with E-state index in [-0.39, 0.29) is 23.8 Å². The molecule has 1 aromatic rings. The standard InChI is InChI=1S/C22H30F3NO4S/c1-4-6-17-13-20(30-31(27,28)22(23,24)25)21-15(2)7-5-8-19(21)26(17)14-16-9-11-18(29-3)12-10-16/h9-13,15,17,19,21H,4-8,14H2,1-3H3/t15-,17-,19-,21+/m1/s1. The van der Waals surface area contributed by atoms with E-state index in [0.717, 1.165) is 37.0 Å². The fraction of sp³-hybridized carbons (Fsp3) is 0.636. The molecule has 0 radical (unpaired) electrons. The number of ether oxygens (including phenoxy) is 1. The molecule has 2 aliphatic rings. The first-order chi connectivity index (χ1) is 14.6. The first kappa shape index (κ1) is 23.9. The fourth-order valence-electron chi connectivity index (χ4n) is 4.85. The lowest BCUT2D eigenvalue weighted by molar-refractivity contribution is -0.0549. The second kappa shape index (κ2) is 9.40. The first-order valence-corrected chi connectivity index (χ1v) is 12.1. The van der Waals surface area contributed by atoms with Crippen LogP contribution in [-0.4, -0.2) is 38.0 Å². The van der Waals surface area contributed by atoms with Crippen molar-refractivity contribution in [2.45, 2.75) is 70.1 Å². The monoisotopic (exact) mass is 461 g/mol. The largest absolute Gasteiger partial charge is 0.534 e. The summed E-state index contributed by atoms with van der Waals surface area (Å²) in [7, 11) is -4.09. The molecular weight excluding hydrogens is 431 g/mol. The van der Waals surface area contributed by atoms with Crippen LogP contribution in [0.2, 0.25) is 0 Å². The van der Waals surface area contributed by atoms with Gasteiger partial charge < -0.3 is 8.92 Å². The third-order valence-electron chi connectivity index (χ3n) is 6.32. The van der Waals surface area contributed by atoms with Crippen LogP contribution in [0.15, 0.2) is 36.1 Å². The molecule has 0 saturated heterocycles. The van der Waals surface area contributed by atoms with Gasteiger partial charge in [-0.3, -0.25) is 4.90 Å². The average molecular weight is 462 g/mol. The van der Waals surface area contributed by atoms with Crippen molar-refractivity contribution in [1.82, 2.24) is 4.90 Å². The molecule has 1 heterocycles. The Morgan fingerprint density at radius 2 is 1.84 bits per heavy atom. The molecule has 0 aromatic heterocycles. The number of alkyl halides is 3. The van der Waals surface area contributed by atoms with Crippen molar-refractivity contribution in [1.29, 1.82) is 0 Å². The maximum absolute atomic E-state index is 13.0. The molecule has 0 unspecified atom stereocenters. The van der Waals surface area contributed by atoms with E-state index in [2.05, 4.69) is 4.90 Å². The van der Waals surface area contributed by atoms with Crippen molar-refractivity contribution in [3.63, 3.8) is 0 Å². The van der Waals surface area contributed by atoms with Gasteiger partial charge in [0.1, 0.15) is 11.5 Å². The highest BCUT2D eigenvalue weighted by Crippen LogP contribution is 2.45. The van der Waals surface area contributed by atoms with Gasteiger partial charge in [-0.05, 0) is 49.0 Å². The molecule has 1 aromatic carbocycles. The van der Waals surface area contributed by atoms with Crippen molar-refractivity contribution in [2.24, 2.45) is 11.8 Å². The number of fused-ring (bicyclic) bond motifs is 1. The summed E-state index contributed by atoms with van der Waals surface area (Å²) in [5.74, 6) is 0.343. The maximum Gasteiger partial charge on any atom is 0.534 e. The minimum Gasteiger partial charge on any atom is -0.497 e. The zero-order valence-electron chi connectivity index (χ0n) is 18.1. The maximum atomic E-state index is 13.0. The van der Waals surface area contributed by atoms with Crippen molar-refractivity contribution < 1.29 is 30.5 Å². The first-order valence-electron chi connectivity index (χ1n) is 10.7. The van der Waals surface area contributed by atoms with Gasteiger partial charge >= 0.3 is 15.6 Å². The Hall–Kier alpha value is -1.74. The molecule has 31 heavy (non-hydrogen) atoms. The van der Waals surface area contributed by atoms with E-state index >= 15 is 0 Å². The van der Waals surface area contributed by atoms with Crippen LogP contribution in [-0.2, 0) is 20.8 Å². The van der Waals surface area contributed by atoms with Gasteiger partial charge in [0.15, 0.2) is 0 Å². The molecule has 0 N–H and O–H groups in total. The third kappa shape index (κ3) is 5.19. The van der Waals surface area contributed by atoms with E-state index < -0.39 is 21.5 Å². The molecular formula is C22H30F3NO4S. The van der Waals surface area contributed by atoms with E-state index in [4.69, 9.17) is 8.92 Å². The van der Waals surface area contributed by atoms with Crippen molar-refractivity contribution in [3.05, 3.63) is 41.7 Å². The highest BCUT2D eigenvalue weighted by molar-refractivity contribution is 7.87. The van der Waals surface area contributed by atoms with Crippen LogP contribution in [0, 0.1) is 11.8 Å². The van der Waals surface area contributed by atoms with Crippen LogP contribution in [0.3, 0.4) is 0 Å². The lowest BCUT2D eigenvalue weighted by Crippen LogP contribution is -2.53. The van der Waals surface area contributed by atoms with Crippen LogP contribution in [0.25, 0.3) is 0 Å². The Labute approximate surface area is 182 Å². The Balaban J connectivity index is 1.97. The topological polar surface area (TPSA) is 55.8 Å². The summed E-state index contributed by atoms with van der Waals surface area (Å²) in [6.07, 6.45) is 5.68. The normalized spacial score (nSPS) is 27.4. The zero-order valence-corrected chi connectivity index (χ0v) is 18.9. The third-order valence-corrected chi connectivity index (χ3v) is 7.30. The molecule has 3 rings (SSSR count). The minimum absolute atomic E-state index is 0.0226. The molecule has 4 atom stereocenters. The summed E-state index contributed by atoms with van der Waals surface area (Å²) < 4.78 is 72.6. The number of nitrogens with zero attached hydrogens (tertiary/aromatic N) is 1. The van der Waals surface area contributed by atoms with Gasteiger partial charge in [-0.15, -0.1) is 0 Å². The van der Waals surface area contributed by atoms with Gasteiger partial charge in [-0.1, -0.05) is 38.8 Å². The SMILES string of the molecule is CCC[C@@H]1C=C(OS(=O)(=O)C(F)(F)F)[C@H]2[C@H](C)CCC[C@H]2N1Cc1ccc(OC)cc1. The molecule has 174 valence electrons. The fourth-order valence-corrected chi connectivity index (χ4v) is 5.36. The lowest BCUT2D eigenvalue weighted by Gasteiger charge is -2.49. The highest BCUT2D eigenvalue weighted by Gasteiger charge is 2.52. The van der Waals surface area contributed by atoms with E-state index in [1.165, 1.54) is 0 Å². The lowest BCUT2D eigenvalue weighted by atomic mass is 9.72. The van der Waals surface area contributed by atoms with Gasteiger partial charge in [-0.2, -0.15) is 21.6 Å². The van der Waals surface area contributed by atoms with Crippen molar-refractivity contribution in [2.75, 3.05) is 7.11 Å². The second-order valence-corrected chi connectivity index (χ2v) is 9.97. The van der Waals surface area contributed by atoms with Gasteiger partial charge in [0, 0.05) is 24.5 Å². The minimum atomic E-state index is -5.69. The van der Waals surface area contributed by atoms with E-state index in [0.29, 0.717) is 13.0 Å². The van der Waals surface area contributed by atoms with Crippen LogP contribution < -0.4 is 4.74 Å². The van der Waals surface area contributed by atoms with E-state index in [9.17, 15) is 21.6 Å². The summed E-state index contributed by atoms with van der Waals surface area (Å²) in [6.45, 7) is 4.58. The van der Waals surface area contributed by atoms with Gasteiger partial charge in [0.05, 0.1) is 7.11 Å². The number of benzene rings is 1. The second-order valence-electron chi connectivity index (χ2n) is 8.43. The number of hydrogen-bond acceptors (Lipinski definition) is 5. The Morgan fingerprint density at radius 3 is 2.42 bits per heavy atom. The van der Waals surface area contributed by atoms with Crippen LogP contribution in [0.4, 0.5) is 13.2 Å². The molecule has 5 nitrogen and oxygen atoms in total. The summed E-state index contributed by atoms with van der Waals surface area (Å²) in [4.78, 5) is 2.30. The Bertz CT molecular complexity index is 883. The summed E-state index contributed by atoms with van der Waals surface area (Å²) in [5, 5.41) is 0. The predicted molar refractivity (Wildman–Crippen MR) is 112 cm³/mol. The van der Waals surface area contributed by atoms with Crippen molar-refractivity contribution >= 4 is 10.1 Å². The zero-order chi connectivity index (χ0) is 22.8. The molecule has 9 heteroatoms. The summed E-state index contributed by atoms with van der Waals surface area (Å²) in [5.41, 5.74) is -4.37. The Kier molecular flexibility index (Phi) is 7.25. The van der Waals surface area contributed by atoms with Crippen molar-refractivity contribution in [3.8, 4) is 5.75 Å². The highest BCUT2D eigenvalue weighted by atomic mass is 32.2.